The van der Waals surface area contributed by atoms with Gasteiger partial charge in [-0.05, 0) is 48.6 Å². The molecule has 1 aliphatic carbocycles. The van der Waals surface area contributed by atoms with Crippen molar-refractivity contribution in [3.63, 3.8) is 0 Å². The number of hydrogen-bond donors (Lipinski definition) is 1. The van der Waals surface area contributed by atoms with Crippen molar-refractivity contribution < 1.29 is 9.53 Å². The minimum absolute atomic E-state index is 0.265. The standard InChI is InChI=1S/C24H30N2O2.C3H4.C2H6/c1-28-24(27)20-12-11-19(15-18-7-3-2-4-8-18)23(16-20)26-14-13-25-22-10-6-5-9-21(22)17-26;1-3-2;1-2/h5-6,9-12,16,18,25H,2-4,7-8,13-15,17H2,1H3;1H,2H3;1-2H3. The molecule has 1 aliphatic heterocycles. The highest BCUT2D eigenvalue weighted by molar-refractivity contribution is 5.91. The second-order valence-corrected chi connectivity index (χ2v) is 8.34. The number of methoxy groups -OCH3 is 1. The molecule has 0 radical (unpaired) electrons. The maximum absolute atomic E-state index is 12.2. The number of para-hydroxylation sites is 1. The van der Waals surface area contributed by atoms with Gasteiger partial charge in [-0.2, -0.15) is 0 Å². The van der Waals surface area contributed by atoms with E-state index < -0.39 is 0 Å². The lowest BCUT2D eigenvalue weighted by Gasteiger charge is -2.28. The third-order valence-corrected chi connectivity index (χ3v) is 6.16. The van der Waals surface area contributed by atoms with E-state index in [-0.39, 0.29) is 5.97 Å². The number of anilines is 2. The fourth-order valence-corrected chi connectivity index (χ4v) is 4.62. The molecule has 4 rings (SSSR count). The summed E-state index contributed by atoms with van der Waals surface area (Å²) in [4.78, 5) is 14.6. The Balaban J connectivity index is 0.000000714. The number of fused-ring (bicyclic) bond motifs is 1. The monoisotopic (exact) mass is 448 g/mol. The maximum Gasteiger partial charge on any atom is 0.337 e. The van der Waals surface area contributed by atoms with Crippen molar-refractivity contribution in [2.75, 3.05) is 30.4 Å². The summed E-state index contributed by atoms with van der Waals surface area (Å²) in [6.45, 7) is 8.31. The third-order valence-electron chi connectivity index (χ3n) is 6.16. The zero-order valence-electron chi connectivity index (χ0n) is 20.8. The van der Waals surface area contributed by atoms with Gasteiger partial charge in [-0.15, -0.1) is 12.3 Å². The number of nitrogens with zero attached hydrogens (tertiary/aromatic N) is 1. The molecule has 2 aromatic rings. The van der Waals surface area contributed by atoms with Crippen LogP contribution in [0.5, 0.6) is 0 Å². The number of benzene rings is 2. The molecule has 2 aliphatic rings. The van der Waals surface area contributed by atoms with Gasteiger partial charge in [-0.1, -0.05) is 70.2 Å². The number of carbonyl (C=O) groups is 1. The predicted octanol–water partition coefficient (Wildman–Crippen LogP) is 6.69. The minimum Gasteiger partial charge on any atom is -0.465 e. The quantitative estimate of drug-likeness (QED) is 0.418. The van der Waals surface area contributed by atoms with Crippen molar-refractivity contribution in [2.24, 2.45) is 5.92 Å². The first-order valence-electron chi connectivity index (χ1n) is 12.3. The molecular formula is C29H40N2O2. The van der Waals surface area contributed by atoms with Crippen LogP contribution in [0.25, 0.3) is 0 Å². The van der Waals surface area contributed by atoms with Crippen LogP contribution in [-0.2, 0) is 17.7 Å². The van der Waals surface area contributed by atoms with E-state index in [1.807, 2.05) is 26.0 Å². The molecule has 0 atom stereocenters. The summed E-state index contributed by atoms with van der Waals surface area (Å²) in [6.07, 6.45) is 12.4. The summed E-state index contributed by atoms with van der Waals surface area (Å²) in [5.74, 6) is 2.74. The number of terminal acetylenes is 1. The van der Waals surface area contributed by atoms with Crippen LogP contribution in [0.15, 0.2) is 42.5 Å². The second kappa shape index (κ2) is 14.3. The first-order chi connectivity index (χ1) is 16.2. The highest BCUT2D eigenvalue weighted by atomic mass is 16.5. The molecule has 1 fully saturated rings. The highest BCUT2D eigenvalue weighted by Gasteiger charge is 2.21. The minimum atomic E-state index is -0.265. The topological polar surface area (TPSA) is 41.6 Å². The van der Waals surface area contributed by atoms with Crippen LogP contribution in [0.1, 0.15) is 74.4 Å². The van der Waals surface area contributed by atoms with E-state index in [2.05, 4.69) is 52.9 Å². The molecule has 0 saturated heterocycles. The van der Waals surface area contributed by atoms with Gasteiger partial charge in [-0.3, -0.25) is 0 Å². The van der Waals surface area contributed by atoms with Crippen molar-refractivity contribution in [2.45, 2.75) is 65.8 Å². The van der Waals surface area contributed by atoms with E-state index in [1.54, 1.807) is 6.92 Å². The van der Waals surface area contributed by atoms with Crippen LogP contribution in [0.2, 0.25) is 0 Å². The Morgan fingerprint density at radius 1 is 1.15 bits per heavy atom. The molecule has 0 bridgehead atoms. The molecule has 2 aromatic carbocycles. The first kappa shape index (κ1) is 26.3. The highest BCUT2D eigenvalue weighted by Crippen LogP contribution is 2.33. The van der Waals surface area contributed by atoms with Gasteiger partial charge >= 0.3 is 5.97 Å². The summed E-state index contributed by atoms with van der Waals surface area (Å²) >= 11 is 0. The maximum atomic E-state index is 12.2. The Bertz CT molecular complexity index is 910. The summed E-state index contributed by atoms with van der Waals surface area (Å²) in [5.41, 5.74) is 5.69. The molecule has 0 aromatic heterocycles. The third kappa shape index (κ3) is 7.56. The van der Waals surface area contributed by atoms with E-state index in [1.165, 1.54) is 61.7 Å². The van der Waals surface area contributed by atoms with E-state index in [0.717, 1.165) is 32.0 Å². The van der Waals surface area contributed by atoms with Crippen LogP contribution in [-0.4, -0.2) is 26.2 Å². The Morgan fingerprint density at radius 3 is 2.55 bits per heavy atom. The van der Waals surface area contributed by atoms with Gasteiger partial charge < -0.3 is 15.0 Å². The van der Waals surface area contributed by atoms with Gasteiger partial charge in [0.15, 0.2) is 0 Å². The SMILES string of the molecule is C#CC.CC.COC(=O)c1ccc(CC2CCCCC2)c(N2CCNc3ccccc3C2)c1. The smallest absolute Gasteiger partial charge is 0.337 e. The number of rotatable bonds is 4. The average molecular weight is 449 g/mol. The predicted molar refractivity (Wildman–Crippen MR) is 140 cm³/mol. The van der Waals surface area contributed by atoms with Crippen molar-refractivity contribution in [1.29, 1.82) is 0 Å². The number of hydrogen-bond acceptors (Lipinski definition) is 4. The Hall–Kier alpha value is -2.93. The lowest BCUT2D eigenvalue weighted by Crippen LogP contribution is -2.27. The molecule has 0 spiro atoms. The average Bonchev–Trinajstić information content (AvgIpc) is 3.09. The molecule has 1 saturated carbocycles. The summed E-state index contributed by atoms with van der Waals surface area (Å²) in [7, 11) is 1.45. The molecule has 1 heterocycles. The summed E-state index contributed by atoms with van der Waals surface area (Å²) < 4.78 is 4.98. The molecule has 178 valence electrons. The number of ether oxygens (including phenoxy) is 1. The van der Waals surface area contributed by atoms with Crippen molar-refractivity contribution in [1.82, 2.24) is 0 Å². The van der Waals surface area contributed by atoms with Crippen LogP contribution in [0.4, 0.5) is 11.4 Å². The molecule has 4 heteroatoms. The number of esters is 1. The molecular weight excluding hydrogens is 408 g/mol. The van der Waals surface area contributed by atoms with E-state index in [0.29, 0.717) is 5.56 Å². The van der Waals surface area contributed by atoms with Crippen molar-refractivity contribution in [3.8, 4) is 12.3 Å². The van der Waals surface area contributed by atoms with Gasteiger partial charge in [-0.25, -0.2) is 4.79 Å². The van der Waals surface area contributed by atoms with E-state index >= 15 is 0 Å². The van der Waals surface area contributed by atoms with Gasteiger partial charge in [0.1, 0.15) is 0 Å². The molecule has 1 N–H and O–H groups in total. The Kier molecular flexibility index (Phi) is 11.4. The zero-order chi connectivity index (χ0) is 24.1. The second-order valence-electron chi connectivity index (χ2n) is 8.34. The van der Waals surface area contributed by atoms with Crippen LogP contribution >= 0.6 is 0 Å². The zero-order valence-corrected chi connectivity index (χ0v) is 20.8. The molecule has 0 amide bonds. The van der Waals surface area contributed by atoms with Crippen LogP contribution < -0.4 is 10.2 Å². The van der Waals surface area contributed by atoms with E-state index in [4.69, 9.17) is 4.74 Å². The number of carbonyl (C=O) groups excluding carboxylic acids is 1. The fourth-order valence-electron chi connectivity index (χ4n) is 4.62. The molecule has 33 heavy (non-hydrogen) atoms. The Morgan fingerprint density at radius 2 is 1.85 bits per heavy atom. The van der Waals surface area contributed by atoms with Crippen molar-refractivity contribution >= 4 is 17.3 Å². The van der Waals surface area contributed by atoms with Gasteiger partial charge in [0.2, 0.25) is 0 Å². The largest absolute Gasteiger partial charge is 0.465 e. The molecule has 4 nitrogen and oxygen atoms in total. The van der Waals surface area contributed by atoms with Crippen molar-refractivity contribution in [3.05, 3.63) is 59.2 Å². The summed E-state index contributed by atoms with van der Waals surface area (Å²) in [5, 5.41) is 3.54. The van der Waals surface area contributed by atoms with E-state index in [9.17, 15) is 4.79 Å². The summed E-state index contributed by atoms with van der Waals surface area (Å²) in [6, 6.07) is 14.6. The lowest BCUT2D eigenvalue weighted by molar-refractivity contribution is 0.0600. The van der Waals surface area contributed by atoms with Gasteiger partial charge in [0.25, 0.3) is 0 Å². The first-order valence-corrected chi connectivity index (χ1v) is 12.3. The normalized spacial score (nSPS) is 15.2. The van der Waals surface area contributed by atoms with Crippen LogP contribution in [0.3, 0.4) is 0 Å². The number of nitrogens with one attached hydrogen (secondary N) is 1. The van der Waals surface area contributed by atoms with Gasteiger partial charge in [0, 0.05) is 31.0 Å². The van der Waals surface area contributed by atoms with Gasteiger partial charge in [0.05, 0.1) is 12.7 Å². The molecule has 0 unspecified atom stereocenters. The van der Waals surface area contributed by atoms with Crippen LogP contribution in [0, 0.1) is 18.3 Å². The Labute approximate surface area is 200 Å². The lowest BCUT2D eigenvalue weighted by atomic mass is 9.84. The fraction of sp³-hybridized carbons (Fsp3) is 0.483.